The molecule has 0 aliphatic heterocycles. The van der Waals surface area contributed by atoms with Crippen LogP contribution < -0.4 is 10.1 Å². The smallest absolute Gasteiger partial charge is 0.251 e. The fourth-order valence-electron chi connectivity index (χ4n) is 2.64. The van der Waals surface area contributed by atoms with E-state index in [1.54, 1.807) is 7.11 Å². The monoisotopic (exact) mass is 317 g/mol. The summed E-state index contributed by atoms with van der Waals surface area (Å²) >= 11 is 0. The largest absolute Gasteiger partial charge is 0.495 e. The first-order valence-electron chi connectivity index (χ1n) is 7.79. The van der Waals surface area contributed by atoms with Crippen molar-refractivity contribution in [1.82, 2.24) is 0 Å². The lowest BCUT2D eigenvalue weighted by molar-refractivity contribution is -0.112. The van der Waals surface area contributed by atoms with E-state index in [-0.39, 0.29) is 5.91 Å². The highest BCUT2D eigenvalue weighted by Gasteiger charge is 2.09. The van der Waals surface area contributed by atoms with Gasteiger partial charge in [-0.3, -0.25) is 4.79 Å². The van der Waals surface area contributed by atoms with Crippen molar-refractivity contribution >= 4 is 28.4 Å². The van der Waals surface area contributed by atoms with Crippen molar-refractivity contribution in [3.8, 4) is 5.75 Å². The first-order valence-corrected chi connectivity index (χ1v) is 7.79. The van der Waals surface area contributed by atoms with Gasteiger partial charge in [0, 0.05) is 5.57 Å². The van der Waals surface area contributed by atoms with Crippen LogP contribution in [0, 0.1) is 0 Å². The van der Waals surface area contributed by atoms with E-state index in [4.69, 9.17) is 4.74 Å². The number of benzene rings is 3. The van der Waals surface area contributed by atoms with Gasteiger partial charge in [0.25, 0.3) is 5.91 Å². The normalized spacial score (nSPS) is 11.3. The molecule has 1 amide bonds. The number of fused-ring (bicyclic) bond motifs is 1. The van der Waals surface area contributed by atoms with Crippen molar-refractivity contribution in [2.75, 3.05) is 12.4 Å². The lowest BCUT2D eigenvalue weighted by Gasteiger charge is -2.10. The summed E-state index contributed by atoms with van der Waals surface area (Å²) in [4.78, 5) is 12.5. The molecule has 0 heterocycles. The fraction of sp³-hybridized carbons (Fsp3) is 0.0952. The molecule has 3 aromatic rings. The first kappa shape index (κ1) is 15.8. The maximum atomic E-state index is 12.5. The van der Waals surface area contributed by atoms with Crippen molar-refractivity contribution in [1.29, 1.82) is 0 Å². The Hall–Kier alpha value is -3.07. The second-order valence-corrected chi connectivity index (χ2v) is 5.55. The topological polar surface area (TPSA) is 38.3 Å². The van der Waals surface area contributed by atoms with E-state index < -0.39 is 0 Å². The van der Waals surface area contributed by atoms with Gasteiger partial charge in [-0.2, -0.15) is 0 Å². The molecule has 0 aliphatic carbocycles. The van der Waals surface area contributed by atoms with Crippen molar-refractivity contribution in [3.05, 3.63) is 77.9 Å². The standard InChI is InChI=1S/C21H19NO2/c1-15(21(23)22-19-12-5-6-13-20(19)24-2)14-17-10-7-9-16-8-3-4-11-18(16)17/h3-14H,1-2H3,(H,22,23)/b15-14-. The van der Waals surface area contributed by atoms with Gasteiger partial charge in [0.05, 0.1) is 12.8 Å². The van der Waals surface area contributed by atoms with Crippen LogP contribution in [0.5, 0.6) is 5.75 Å². The number of amides is 1. The summed E-state index contributed by atoms with van der Waals surface area (Å²) in [6.45, 7) is 1.81. The number of nitrogens with one attached hydrogen (secondary N) is 1. The van der Waals surface area contributed by atoms with Crippen LogP contribution in [0.3, 0.4) is 0 Å². The number of carbonyl (C=O) groups is 1. The maximum absolute atomic E-state index is 12.5. The minimum absolute atomic E-state index is 0.146. The molecule has 3 aromatic carbocycles. The minimum Gasteiger partial charge on any atom is -0.495 e. The van der Waals surface area contributed by atoms with Gasteiger partial charge in [-0.15, -0.1) is 0 Å². The first-order chi connectivity index (χ1) is 11.7. The van der Waals surface area contributed by atoms with Gasteiger partial charge in [0.1, 0.15) is 5.75 Å². The number of rotatable bonds is 4. The van der Waals surface area contributed by atoms with Crippen LogP contribution in [0.4, 0.5) is 5.69 Å². The van der Waals surface area contributed by atoms with Gasteiger partial charge < -0.3 is 10.1 Å². The molecule has 3 nitrogen and oxygen atoms in total. The van der Waals surface area contributed by atoms with Gasteiger partial charge in [-0.1, -0.05) is 54.6 Å². The molecule has 0 aromatic heterocycles. The van der Waals surface area contributed by atoms with Crippen LogP contribution in [-0.2, 0) is 4.79 Å². The summed E-state index contributed by atoms with van der Waals surface area (Å²) in [6, 6.07) is 21.6. The zero-order chi connectivity index (χ0) is 16.9. The Labute approximate surface area is 141 Å². The second kappa shape index (κ2) is 7.01. The van der Waals surface area contributed by atoms with Crippen molar-refractivity contribution < 1.29 is 9.53 Å². The van der Waals surface area contributed by atoms with Crippen LogP contribution in [0.1, 0.15) is 12.5 Å². The number of hydrogen-bond acceptors (Lipinski definition) is 2. The van der Waals surface area contributed by atoms with E-state index in [9.17, 15) is 4.79 Å². The van der Waals surface area contributed by atoms with E-state index in [2.05, 4.69) is 23.5 Å². The number of methoxy groups -OCH3 is 1. The summed E-state index contributed by atoms with van der Waals surface area (Å²) in [7, 11) is 1.59. The number of anilines is 1. The average molecular weight is 317 g/mol. The third kappa shape index (κ3) is 3.30. The third-order valence-electron chi connectivity index (χ3n) is 3.91. The maximum Gasteiger partial charge on any atom is 0.251 e. The van der Waals surface area contributed by atoms with Gasteiger partial charge in [-0.25, -0.2) is 0 Å². The fourth-order valence-corrected chi connectivity index (χ4v) is 2.64. The number of carbonyl (C=O) groups excluding carboxylic acids is 1. The molecule has 0 saturated carbocycles. The molecule has 0 unspecified atom stereocenters. The third-order valence-corrected chi connectivity index (χ3v) is 3.91. The minimum atomic E-state index is -0.146. The molecule has 0 saturated heterocycles. The van der Waals surface area contributed by atoms with Gasteiger partial charge in [0.2, 0.25) is 0 Å². The van der Waals surface area contributed by atoms with E-state index >= 15 is 0 Å². The summed E-state index contributed by atoms with van der Waals surface area (Å²) < 4.78 is 5.27. The van der Waals surface area contributed by atoms with Crippen LogP contribution in [0.2, 0.25) is 0 Å². The SMILES string of the molecule is COc1ccccc1NC(=O)/C(C)=C\c1cccc2ccccc12. The molecule has 0 radical (unpaired) electrons. The average Bonchev–Trinajstić information content (AvgIpc) is 2.62. The molecule has 0 spiro atoms. The summed E-state index contributed by atoms with van der Waals surface area (Å²) in [6.07, 6.45) is 1.91. The lowest BCUT2D eigenvalue weighted by Crippen LogP contribution is -2.13. The second-order valence-electron chi connectivity index (χ2n) is 5.55. The highest BCUT2D eigenvalue weighted by molar-refractivity contribution is 6.08. The molecular formula is C21H19NO2. The van der Waals surface area contributed by atoms with Crippen LogP contribution in [0.25, 0.3) is 16.8 Å². The Kier molecular flexibility index (Phi) is 4.62. The Morgan fingerprint density at radius 1 is 0.958 bits per heavy atom. The molecule has 0 bridgehead atoms. The van der Waals surface area contributed by atoms with E-state index in [1.807, 2.05) is 61.5 Å². The molecule has 0 atom stereocenters. The van der Waals surface area contributed by atoms with Crippen molar-refractivity contribution in [2.24, 2.45) is 0 Å². The Morgan fingerprint density at radius 2 is 1.67 bits per heavy atom. The molecule has 1 N–H and O–H groups in total. The zero-order valence-corrected chi connectivity index (χ0v) is 13.7. The predicted octanol–water partition coefficient (Wildman–Crippen LogP) is 4.89. The Morgan fingerprint density at radius 3 is 2.50 bits per heavy atom. The van der Waals surface area contributed by atoms with E-state index in [1.165, 1.54) is 0 Å². The highest BCUT2D eigenvalue weighted by Crippen LogP contribution is 2.25. The molecule has 3 rings (SSSR count). The van der Waals surface area contributed by atoms with Crippen LogP contribution in [-0.4, -0.2) is 13.0 Å². The number of para-hydroxylation sites is 2. The van der Waals surface area contributed by atoms with Crippen LogP contribution in [0.15, 0.2) is 72.3 Å². The quantitative estimate of drug-likeness (QED) is 0.696. The summed E-state index contributed by atoms with van der Waals surface area (Å²) in [5, 5.41) is 5.18. The van der Waals surface area contributed by atoms with E-state index in [0.29, 0.717) is 17.0 Å². The lowest BCUT2D eigenvalue weighted by atomic mass is 10.0. The van der Waals surface area contributed by atoms with E-state index in [0.717, 1.165) is 16.3 Å². The predicted molar refractivity (Wildman–Crippen MR) is 99.2 cm³/mol. The van der Waals surface area contributed by atoms with Crippen molar-refractivity contribution in [2.45, 2.75) is 6.92 Å². The van der Waals surface area contributed by atoms with Gasteiger partial charge in [-0.05, 0) is 41.5 Å². The zero-order valence-electron chi connectivity index (χ0n) is 13.7. The molecule has 24 heavy (non-hydrogen) atoms. The Balaban J connectivity index is 1.88. The van der Waals surface area contributed by atoms with Gasteiger partial charge in [0.15, 0.2) is 0 Å². The highest BCUT2D eigenvalue weighted by atomic mass is 16.5. The number of hydrogen-bond donors (Lipinski definition) is 1. The van der Waals surface area contributed by atoms with Crippen molar-refractivity contribution in [3.63, 3.8) is 0 Å². The summed E-state index contributed by atoms with van der Waals surface area (Å²) in [5.41, 5.74) is 2.33. The molecule has 0 fully saturated rings. The van der Waals surface area contributed by atoms with Crippen LogP contribution >= 0.6 is 0 Å². The molecule has 0 aliphatic rings. The van der Waals surface area contributed by atoms with Gasteiger partial charge >= 0.3 is 0 Å². The Bertz CT molecular complexity index is 907. The number of ether oxygens (including phenoxy) is 1. The molecule has 120 valence electrons. The summed E-state index contributed by atoms with van der Waals surface area (Å²) in [5.74, 6) is 0.497. The molecule has 3 heteroatoms. The molecular weight excluding hydrogens is 298 g/mol.